The Labute approximate surface area is 124 Å². The van der Waals surface area contributed by atoms with Crippen LogP contribution in [-0.4, -0.2) is 23.7 Å². The maximum atomic E-state index is 11.8. The number of hydrogen-bond donors (Lipinski definition) is 3. The molecule has 0 spiro atoms. The number of carbonyl (C=O) groups excluding carboxylic acids is 1. The number of benzene rings is 1. The molecule has 1 aliphatic carbocycles. The Kier molecular flexibility index (Phi) is 4.83. The van der Waals surface area contributed by atoms with Crippen LogP contribution in [0.15, 0.2) is 24.3 Å². The molecule has 21 heavy (non-hydrogen) atoms. The Bertz CT molecular complexity index is 505. The van der Waals surface area contributed by atoms with E-state index in [0.717, 1.165) is 18.4 Å². The van der Waals surface area contributed by atoms with Crippen molar-refractivity contribution in [1.82, 2.24) is 10.6 Å². The summed E-state index contributed by atoms with van der Waals surface area (Å²) in [6.07, 6.45) is 3.11. The van der Waals surface area contributed by atoms with Crippen molar-refractivity contribution in [2.24, 2.45) is 5.41 Å². The van der Waals surface area contributed by atoms with E-state index in [1.165, 1.54) is 5.56 Å². The van der Waals surface area contributed by atoms with Gasteiger partial charge in [-0.1, -0.05) is 42.7 Å². The Balaban J connectivity index is 1.79. The summed E-state index contributed by atoms with van der Waals surface area (Å²) in [5, 5.41) is 14.8. The highest BCUT2D eigenvalue weighted by Crippen LogP contribution is 2.37. The Morgan fingerprint density at radius 3 is 2.33 bits per heavy atom. The van der Waals surface area contributed by atoms with E-state index in [2.05, 4.69) is 10.6 Å². The maximum Gasteiger partial charge on any atom is 0.315 e. The monoisotopic (exact) mass is 290 g/mol. The molecule has 1 aliphatic rings. The van der Waals surface area contributed by atoms with Crippen molar-refractivity contribution >= 4 is 12.0 Å². The molecule has 2 rings (SSSR count). The summed E-state index contributed by atoms with van der Waals surface area (Å²) in [6.45, 7) is 2.64. The topological polar surface area (TPSA) is 78.4 Å². The van der Waals surface area contributed by atoms with Crippen LogP contribution in [0.25, 0.3) is 0 Å². The number of aryl methyl sites for hydroxylation is 1. The van der Waals surface area contributed by atoms with Crippen molar-refractivity contribution in [1.29, 1.82) is 0 Å². The molecular formula is C16H22N2O3. The zero-order valence-corrected chi connectivity index (χ0v) is 12.3. The highest BCUT2D eigenvalue weighted by molar-refractivity contribution is 5.78. The quantitative estimate of drug-likeness (QED) is 0.779. The second-order valence-corrected chi connectivity index (χ2v) is 5.81. The van der Waals surface area contributed by atoms with E-state index in [0.29, 0.717) is 19.4 Å². The third-order valence-electron chi connectivity index (χ3n) is 4.18. The average Bonchev–Trinajstić information content (AvgIpc) is 2.95. The molecule has 2 amide bonds. The number of rotatable bonds is 5. The molecule has 1 aromatic rings. The highest BCUT2D eigenvalue weighted by atomic mass is 16.4. The zero-order valence-electron chi connectivity index (χ0n) is 12.3. The van der Waals surface area contributed by atoms with E-state index in [-0.39, 0.29) is 12.6 Å². The van der Waals surface area contributed by atoms with Crippen LogP contribution in [0.3, 0.4) is 0 Å². The number of urea groups is 1. The van der Waals surface area contributed by atoms with Gasteiger partial charge in [0.15, 0.2) is 0 Å². The summed E-state index contributed by atoms with van der Waals surface area (Å²) in [6, 6.07) is 7.60. The van der Waals surface area contributed by atoms with Crippen LogP contribution >= 0.6 is 0 Å². The molecule has 0 saturated heterocycles. The van der Waals surface area contributed by atoms with Crippen LogP contribution in [0.5, 0.6) is 0 Å². The molecule has 3 N–H and O–H groups in total. The van der Waals surface area contributed by atoms with Crippen molar-refractivity contribution in [2.75, 3.05) is 6.54 Å². The second kappa shape index (κ2) is 6.61. The van der Waals surface area contributed by atoms with Gasteiger partial charge in [0.05, 0.1) is 5.41 Å². The number of nitrogens with one attached hydrogen (secondary N) is 2. The average molecular weight is 290 g/mol. The lowest BCUT2D eigenvalue weighted by Gasteiger charge is -2.24. The molecule has 0 heterocycles. The first-order valence-corrected chi connectivity index (χ1v) is 7.32. The van der Waals surface area contributed by atoms with Gasteiger partial charge in [0.2, 0.25) is 0 Å². The van der Waals surface area contributed by atoms with Crippen molar-refractivity contribution in [2.45, 2.75) is 39.2 Å². The van der Waals surface area contributed by atoms with Crippen LogP contribution in [0.1, 0.15) is 36.8 Å². The van der Waals surface area contributed by atoms with Crippen molar-refractivity contribution < 1.29 is 14.7 Å². The molecule has 0 atom stereocenters. The smallest absolute Gasteiger partial charge is 0.315 e. The predicted octanol–water partition coefficient (Wildman–Crippen LogP) is 2.44. The fourth-order valence-electron chi connectivity index (χ4n) is 2.72. The van der Waals surface area contributed by atoms with Crippen LogP contribution in [0.4, 0.5) is 4.79 Å². The van der Waals surface area contributed by atoms with Crippen LogP contribution in [-0.2, 0) is 11.3 Å². The van der Waals surface area contributed by atoms with Crippen molar-refractivity contribution in [3.63, 3.8) is 0 Å². The minimum atomic E-state index is -0.807. The molecule has 1 fully saturated rings. The summed E-state index contributed by atoms with van der Waals surface area (Å²) in [4.78, 5) is 23.2. The van der Waals surface area contributed by atoms with Gasteiger partial charge >= 0.3 is 12.0 Å². The van der Waals surface area contributed by atoms with Crippen LogP contribution in [0.2, 0.25) is 0 Å². The van der Waals surface area contributed by atoms with Gasteiger partial charge in [0.1, 0.15) is 0 Å². The molecule has 5 nitrogen and oxygen atoms in total. The van der Waals surface area contributed by atoms with Gasteiger partial charge < -0.3 is 15.7 Å². The summed E-state index contributed by atoms with van der Waals surface area (Å²) < 4.78 is 0. The summed E-state index contributed by atoms with van der Waals surface area (Å²) in [5.41, 5.74) is 1.42. The maximum absolute atomic E-state index is 11.8. The Hall–Kier alpha value is -2.04. The number of hydrogen-bond acceptors (Lipinski definition) is 2. The number of carboxylic acid groups (broad SMARTS) is 1. The molecule has 0 bridgehead atoms. The van der Waals surface area contributed by atoms with Gasteiger partial charge in [-0.15, -0.1) is 0 Å². The standard InChI is InChI=1S/C16H22N2O3/c1-12-4-6-13(7-5-12)10-17-15(21)18-11-16(14(19)20)8-2-3-9-16/h4-7H,2-3,8-11H2,1H3,(H,19,20)(H2,17,18,21). The lowest BCUT2D eigenvalue weighted by molar-refractivity contribution is -0.148. The molecule has 114 valence electrons. The largest absolute Gasteiger partial charge is 0.481 e. The van der Waals surface area contributed by atoms with Gasteiger partial charge in [-0.25, -0.2) is 4.79 Å². The molecular weight excluding hydrogens is 268 g/mol. The number of aliphatic carboxylic acids is 1. The first-order valence-electron chi connectivity index (χ1n) is 7.32. The molecule has 0 aliphatic heterocycles. The minimum absolute atomic E-state index is 0.196. The number of carboxylic acids is 1. The number of amides is 2. The van der Waals surface area contributed by atoms with E-state index < -0.39 is 11.4 Å². The molecule has 0 radical (unpaired) electrons. The first kappa shape index (κ1) is 15.4. The van der Waals surface area contributed by atoms with Crippen LogP contribution in [0, 0.1) is 12.3 Å². The summed E-state index contributed by atoms with van der Waals surface area (Å²) in [5.74, 6) is -0.807. The van der Waals surface area contributed by atoms with E-state index in [1.807, 2.05) is 31.2 Å². The summed E-state index contributed by atoms with van der Waals surface area (Å²) >= 11 is 0. The van der Waals surface area contributed by atoms with Gasteiger partial charge in [-0.2, -0.15) is 0 Å². The fraction of sp³-hybridized carbons (Fsp3) is 0.500. The van der Waals surface area contributed by atoms with E-state index in [1.54, 1.807) is 0 Å². The van der Waals surface area contributed by atoms with Crippen molar-refractivity contribution in [3.8, 4) is 0 Å². The van der Waals surface area contributed by atoms with E-state index in [4.69, 9.17) is 0 Å². The molecule has 5 heteroatoms. The molecule has 0 aromatic heterocycles. The fourth-order valence-corrected chi connectivity index (χ4v) is 2.72. The third kappa shape index (κ3) is 3.97. The lowest BCUT2D eigenvalue weighted by atomic mass is 9.86. The zero-order chi connectivity index (χ0) is 15.3. The van der Waals surface area contributed by atoms with Gasteiger partial charge in [-0.3, -0.25) is 4.79 Å². The summed E-state index contributed by atoms with van der Waals surface area (Å²) in [7, 11) is 0. The normalized spacial score (nSPS) is 16.4. The van der Waals surface area contributed by atoms with Gasteiger partial charge in [0.25, 0.3) is 0 Å². The van der Waals surface area contributed by atoms with Crippen LogP contribution < -0.4 is 10.6 Å². The van der Waals surface area contributed by atoms with Gasteiger partial charge in [0, 0.05) is 13.1 Å². The van der Waals surface area contributed by atoms with Gasteiger partial charge in [-0.05, 0) is 25.3 Å². The second-order valence-electron chi connectivity index (χ2n) is 5.81. The molecule has 1 saturated carbocycles. The van der Waals surface area contributed by atoms with E-state index >= 15 is 0 Å². The third-order valence-corrected chi connectivity index (χ3v) is 4.18. The first-order chi connectivity index (χ1) is 10.0. The van der Waals surface area contributed by atoms with Crippen molar-refractivity contribution in [3.05, 3.63) is 35.4 Å². The predicted molar refractivity (Wildman–Crippen MR) is 80.0 cm³/mol. The minimum Gasteiger partial charge on any atom is -0.481 e. The molecule has 1 aromatic carbocycles. The Morgan fingerprint density at radius 1 is 1.14 bits per heavy atom. The highest BCUT2D eigenvalue weighted by Gasteiger charge is 2.41. The SMILES string of the molecule is Cc1ccc(CNC(=O)NCC2(C(=O)O)CCCC2)cc1. The number of carbonyl (C=O) groups is 2. The lowest BCUT2D eigenvalue weighted by Crippen LogP contribution is -2.44. The van der Waals surface area contributed by atoms with E-state index in [9.17, 15) is 14.7 Å². The Morgan fingerprint density at radius 2 is 1.76 bits per heavy atom. The molecule has 0 unspecified atom stereocenters.